The number of halogens is 1. The summed E-state index contributed by atoms with van der Waals surface area (Å²) in [5, 5.41) is 9.28. The van der Waals surface area contributed by atoms with Crippen LogP contribution >= 0.6 is 11.6 Å². The summed E-state index contributed by atoms with van der Waals surface area (Å²) in [5.74, 6) is 0.596. The summed E-state index contributed by atoms with van der Waals surface area (Å²) in [5.41, 5.74) is 0.686. The molecule has 0 aliphatic heterocycles. The second-order valence-electron chi connectivity index (χ2n) is 2.09. The Bertz CT molecular complexity index is 226. The van der Waals surface area contributed by atoms with E-state index in [4.69, 9.17) is 21.4 Å². The molecule has 1 aromatic rings. The Morgan fingerprint density at radius 2 is 2.27 bits per heavy atom. The van der Waals surface area contributed by atoms with Gasteiger partial charge in [-0.15, -0.1) is 0 Å². The standard InChI is InChI=1S/C8H9ClO2/c1-11-7-4-2-3-6(5-10)8(7)9/h2-4,10H,5H2,1H3. The molecule has 0 heterocycles. The van der Waals surface area contributed by atoms with Gasteiger partial charge in [0.1, 0.15) is 5.75 Å². The molecule has 1 N–H and O–H groups in total. The molecule has 0 radical (unpaired) electrons. The lowest BCUT2D eigenvalue weighted by Gasteiger charge is -2.05. The first-order chi connectivity index (χ1) is 5.29. The largest absolute Gasteiger partial charge is 0.495 e. The van der Waals surface area contributed by atoms with Gasteiger partial charge in [0.15, 0.2) is 0 Å². The van der Waals surface area contributed by atoms with Gasteiger partial charge in [-0.1, -0.05) is 23.7 Å². The van der Waals surface area contributed by atoms with E-state index in [1.54, 1.807) is 25.3 Å². The summed E-state index contributed by atoms with van der Waals surface area (Å²) in [6, 6.07) is 5.29. The van der Waals surface area contributed by atoms with Gasteiger partial charge < -0.3 is 9.84 Å². The molecule has 2 nitrogen and oxygen atoms in total. The molecule has 0 amide bonds. The lowest BCUT2D eigenvalue weighted by Crippen LogP contribution is -1.89. The van der Waals surface area contributed by atoms with Crippen LogP contribution in [-0.2, 0) is 6.61 Å². The minimum Gasteiger partial charge on any atom is -0.495 e. The Morgan fingerprint density at radius 1 is 1.55 bits per heavy atom. The minimum atomic E-state index is -0.0595. The van der Waals surface area contributed by atoms with E-state index >= 15 is 0 Å². The molecular weight excluding hydrogens is 164 g/mol. The highest BCUT2D eigenvalue weighted by molar-refractivity contribution is 6.32. The van der Waals surface area contributed by atoms with Gasteiger partial charge in [-0.2, -0.15) is 0 Å². The first kappa shape index (κ1) is 8.37. The molecule has 1 aromatic carbocycles. The maximum Gasteiger partial charge on any atom is 0.137 e. The van der Waals surface area contributed by atoms with Gasteiger partial charge in [0.05, 0.1) is 18.7 Å². The summed E-state index contributed by atoms with van der Waals surface area (Å²) >= 11 is 5.82. The van der Waals surface area contributed by atoms with Crippen molar-refractivity contribution in [1.29, 1.82) is 0 Å². The van der Waals surface area contributed by atoms with Crippen LogP contribution in [0, 0.1) is 0 Å². The van der Waals surface area contributed by atoms with E-state index in [1.807, 2.05) is 0 Å². The number of ether oxygens (including phenoxy) is 1. The van der Waals surface area contributed by atoms with Crippen LogP contribution in [0.15, 0.2) is 18.2 Å². The van der Waals surface area contributed by atoms with Crippen molar-refractivity contribution >= 4 is 11.6 Å². The van der Waals surface area contributed by atoms with Gasteiger partial charge >= 0.3 is 0 Å². The van der Waals surface area contributed by atoms with Crippen LogP contribution in [0.5, 0.6) is 5.75 Å². The maximum absolute atomic E-state index is 8.80. The van der Waals surface area contributed by atoms with E-state index in [0.29, 0.717) is 16.3 Å². The Labute approximate surface area is 70.4 Å². The lowest BCUT2D eigenvalue weighted by atomic mass is 10.2. The molecule has 0 spiro atoms. The topological polar surface area (TPSA) is 29.5 Å². The van der Waals surface area contributed by atoms with Crippen LogP contribution in [0.2, 0.25) is 5.02 Å². The number of hydrogen-bond acceptors (Lipinski definition) is 2. The highest BCUT2D eigenvalue weighted by Crippen LogP contribution is 2.27. The zero-order valence-electron chi connectivity index (χ0n) is 6.17. The monoisotopic (exact) mass is 172 g/mol. The predicted molar refractivity (Wildman–Crippen MR) is 43.9 cm³/mol. The van der Waals surface area contributed by atoms with Crippen molar-refractivity contribution in [2.24, 2.45) is 0 Å². The van der Waals surface area contributed by atoms with E-state index < -0.39 is 0 Å². The third-order valence-electron chi connectivity index (χ3n) is 1.43. The van der Waals surface area contributed by atoms with Crippen LogP contribution in [0.1, 0.15) is 5.56 Å². The molecule has 0 saturated carbocycles. The molecule has 11 heavy (non-hydrogen) atoms. The molecule has 0 unspecified atom stereocenters. The SMILES string of the molecule is COc1cccc(CO)c1Cl. The third-order valence-corrected chi connectivity index (χ3v) is 1.86. The maximum atomic E-state index is 8.80. The highest BCUT2D eigenvalue weighted by Gasteiger charge is 2.03. The predicted octanol–water partition coefficient (Wildman–Crippen LogP) is 1.84. The van der Waals surface area contributed by atoms with Crippen LogP contribution in [0.25, 0.3) is 0 Å². The van der Waals surface area contributed by atoms with Gasteiger partial charge in [-0.25, -0.2) is 0 Å². The summed E-state index contributed by atoms with van der Waals surface area (Å²) in [7, 11) is 1.54. The zero-order chi connectivity index (χ0) is 8.27. The van der Waals surface area contributed by atoms with E-state index in [-0.39, 0.29) is 6.61 Å². The number of rotatable bonds is 2. The number of aliphatic hydroxyl groups excluding tert-OH is 1. The van der Waals surface area contributed by atoms with Crippen molar-refractivity contribution < 1.29 is 9.84 Å². The fraction of sp³-hybridized carbons (Fsp3) is 0.250. The van der Waals surface area contributed by atoms with Crippen molar-refractivity contribution in [1.82, 2.24) is 0 Å². The average molecular weight is 173 g/mol. The van der Waals surface area contributed by atoms with Crippen molar-refractivity contribution in [3.8, 4) is 5.75 Å². The average Bonchev–Trinajstić information content (AvgIpc) is 2.05. The van der Waals surface area contributed by atoms with Crippen LogP contribution in [-0.4, -0.2) is 12.2 Å². The van der Waals surface area contributed by atoms with Crippen molar-refractivity contribution in [3.63, 3.8) is 0 Å². The number of benzene rings is 1. The van der Waals surface area contributed by atoms with Gasteiger partial charge in [-0.05, 0) is 11.6 Å². The van der Waals surface area contributed by atoms with Crippen molar-refractivity contribution in [2.75, 3.05) is 7.11 Å². The zero-order valence-corrected chi connectivity index (χ0v) is 6.93. The van der Waals surface area contributed by atoms with E-state index in [1.165, 1.54) is 0 Å². The first-order valence-electron chi connectivity index (χ1n) is 3.22. The smallest absolute Gasteiger partial charge is 0.137 e. The summed E-state index contributed by atoms with van der Waals surface area (Å²) in [4.78, 5) is 0. The number of aliphatic hydroxyl groups is 1. The molecule has 0 saturated heterocycles. The Morgan fingerprint density at radius 3 is 2.82 bits per heavy atom. The normalized spacial score (nSPS) is 9.73. The highest BCUT2D eigenvalue weighted by atomic mass is 35.5. The molecule has 60 valence electrons. The molecule has 0 fully saturated rings. The molecule has 3 heteroatoms. The van der Waals surface area contributed by atoms with Gasteiger partial charge in [-0.3, -0.25) is 0 Å². The van der Waals surface area contributed by atoms with Crippen molar-refractivity contribution in [2.45, 2.75) is 6.61 Å². The fourth-order valence-electron chi connectivity index (χ4n) is 0.836. The summed E-state index contributed by atoms with van der Waals surface area (Å²) < 4.78 is 4.94. The van der Waals surface area contributed by atoms with Crippen LogP contribution in [0.3, 0.4) is 0 Å². The Kier molecular flexibility index (Phi) is 2.74. The van der Waals surface area contributed by atoms with E-state index in [9.17, 15) is 0 Å². The molecule has 0 atom stereocenters. The fourth-order valence-corrected chi connectivity index (χ4v) is 1.10. The minimum absolute atomic E-state index is 0.0595. The Hall–Kier alpha value is -0.730. The molecule has 0 aromatic heterocycles. The first-order valence-corrected chi connectivity index (χ1v) is 3.59. The molecule has 1 rings (SSSR count). The molecule has 0 aliphatic rings. The lowest BCUT2D eigenvalue weighted by molar-refractivity contribution is 0.281. The van der Waals surface area contributed by atoms with Gasteiger partial charge in [0.2, 0.25) is 0 Å². The van der Waals surface area contributed by atoms with Crippen LogP contribution in [0.4, 0.5) is 0 Å². The number of methoxy groups -OCH3 is 1. The van der Waals surface area contributed by atoms with Crippen LogP contribution < -0.4 is 4.74 Å². The Balaban J connectivity index is 3.10. The summed E-state index contributed by atoms with van der Waals surface area (Å²) in [6.07, 6.45) is 0. The second kappa shape index (κ2) is 3.60. The molecular formula is C8H9ClO2. The van der Waals surface area contributed by atoms with Crippen molar-refractivity contribution in [3.05, 3.63) is 28.8 Å². The third kappa shape index (κ3) is 1.64. The summed E-state index contributed by atoms with van der Waals surface area (Å²) in [6.45, 7) is -0.0595. The second-order valence-corrected chi connectivity index (χ2v) is 2.47. The molecule has 0 aliphatic carbocycles. The van der Waals surface area contributed by atoms with E-state index in [0.717, 1.165) is 0 Å². The van der Waals surface area contributed by atoms with Gasteiger partial charge in [0, 0.05) is 0 Å². The quantitative estimate of drug-likeness (QED) is 0.738. The van der Waals surface area contributed by atoms with Gasteiger partial charge in [0.25, 0.3) is 0 Å². The number of hydrogen-bond donors (Lipinski definition) is 1. The molecule has 0 bridgehead atoms. The van der Waals surface area contributed by atoms with E-state index in [2.05, 4.69) is 0 Å².